The van der Waals surface area contributed by atoms with E-state index in [0.29, 0.717) is 10.6 Å². The highest BCUT2D eigenvalue weighted by Crippen LogP contribution is 2.16. The second kappa shape index (κ2) is 9.42. The molecule has 0 heterocycles. The molecule has 0 aliphatic carbocycles. The fourth-order valence-corrected chi connectivity index (χ4v) is 2.50. The van der Waals surface area contributed by atoms with E-state index in [1.165, 1.54) is 12.0 Å². The third-order valence-corrected chi connectivity index (χ3v) is 4.10. The Hall–Kier alpha value is -2.08. The Morgan fingerprint density at radius 2 is 1.76 bits per heavy atom. The van der Waals surface area contributed by atoms with Crippen LogP contribution in [0, 0.1) is 5.92 Å². The number of nitrogens with one attached hydrogen (secondary N) is 1. The van der Waals surface area contributed by atoms with Gasteiger partial charge in [0.25, 0.3) is 5.91 Å². The van der Waals surface area contributed by atoms with Crippen LogP contribution >= 0.6 is 11.6 Å². The number of esters is 1. The van der Waals surface area contributed by atoms with Crippen LogP contribution in [0.3, 0.4) is 0 Å². The number of carbonyl (C=O) groups is 3. The van der Waals surface area contributed by atoms with E-state index < -0.39 is 17.9 Å². The minimum Gasteiger partial charge on any atom is -0.468 e. The first kappa shape index (κ1) is 21.0. The van der Waals surface area contributed by atoms with Crippen molar-refractivity contribution in [3.63, 3.8) is 0 Å². The monoisotopic (exact) mass is 368 g/mol. The van der Waals surface area contributed by atoms with Crippen LogP contribution in [-0.4, -0.2) is 48.4 Å². The Morgan fingerprint density at radius 1 is 1.16 bits per heavy atom. The molecule has 0 saturated carbocycles. The van der Waals surface area contributed by atoms with Gasteiger partial charge in [0.15, 0.2) is 0 Å². The van der Waals surface area contributed by atoms with Crippen molar-refractivity contribution in [1.82, 2.24) is 10.2 Å². The number of benzene rings is 1. The normalized spacial score (nSPS) is 12.0. The van der Waals surface area contributed by atoms with Gasteiger partial charge in [0, 0.05) is 6.04 Å². The van der Waals surface area contributed by atoms with E-state index in [2.05, 4.69) is 10.1 Å². The molecule has 25 heavy (non-hydrogen) atoms. The zero-order valence-electron chi connectivity index (χ0n) is 15.2. The van der Waals surface area contributed by atoms with Crippen molar-refractivity contribution < 1.29 is 19.1 Å². The fourth-order valence-electron chi connectivity index (χ4n) is 2.28. The maximum absolute atomic E-state index is 12.9. The quantitative estimate of drug-likeness (QED) is 0.750. The van der Waals surface area contributed by atoms with Gasteiger partial charge in [0.05, 0.1) is 17.7 Å². The molecule has 0 aliphatic heterocycles. The minimum atomic E-state index is -0.782. The molecule has 0 radical (unpaired) electrons. The summed E-state index contributed by atoms with van der Waals surface area (Å²) in [5.74, 6) is -1.45. The first-order valence-electron chi connectivity index (χ1n) is 8.11. The third kappa shape index (κ3) is 5.74. The molecule has 2 amide bonds. The number of halogens is 1. The maximum Gasteiger partial charge on any atom is 0.325 e. The van der Waals surface area contributed by atoms with Gasteiger partial charge in [-0.25, -0.2) is 0 Å². The minimum absolute atomic E-state index is 0.168. The van der Waals surface area contributed by atoms with Crippen LogP contribution in [0.15, 0.2) is 24.3 Å². The fraction of sp³-hybridized carbons (Fsp3) is 0.500. The molecule has 1 aromatic rings. The average Bonchev–Trinajstić information content (AvgIpc) is 2.56. The van der Waals surface area contributed by atoms with Crippen molar-refractivity contribution in [3.8, 4) is 0 Å². The van der Waals surface area contributed by atoms with E-state index >= 15 is 0 Å². The summed E-state index contributed by atoms with van der Waals surface area (Å²) in [4.78, 5) is 38.4. The lowest BCUT2D eigenvalue weighted by Gasteiger charge is -2.31. The molecule has 0 aromatic heterocycles. The first-order chi connectivity index (χ1) is 11.7. The van der Waals surface area contributed by atoms with E-state index in [1.807, 2.05) is 13.8 Å². The van der Waals surface area contributed by atoms with E-state index in [0.717, 1.165) is 0 Å². The number of rotatable bonds is 7. The van der Waals surface area contributed by atoms with Gasteiger partial charge < -0.3 is 15.0 Å². The average molecular weight is 369 g/mol. The van der Waals surface area contributed by atoms with E-state index in [1.54, 1.807) is 38.1 Å². The smallest absolute Gasteiger partial charge is 0.325 e. The van der Waals surface area contributed by atoms with Gasteiger partial charge in [-0.2, -0.15) is 0 Å². The van der Waals surface area contributed by atoms with Crippen molar-refractivity contribution in [2.75, 3.05) is 13.7 Å². The summed E-state index contributed by atoms with van der Waals surface area (Å²) in [6.45, 7) is 7.08. The number of hydrogen-bond acceptors (Lipinski definition) is 4. The number of methoxy groups -OCH3 is 1. The summed E-state index contributed by atoms with van der Waals surface area (Å²) in [5.41, 5.74) is 0.298. The number of ether oxygens (including phenoxy) is 1. The predicted molar refractivity (Wildman–Crippen MR) is 96.4 cm³/mol. The van der Waals surface area contributed by atoms with Crippen LogP contribution in [0.5, 0.6) is 0 Å². The highest BCUT2D eigenvalue weighted by Gasteiger charge is 2.31. The lowest BCUT2D eigenvalue weighted by atomic mass is 10.0. The largest absolute Gasteiger partial charge is 0.468 e. The molecule has 0 spiro atoms. The van der Waals surface area contributed by atoms with Gasteiger partial charge in [-0.3, -0.25) is 14.4 Å². The van der Waals surface area contributed by atoms with Gasteiger partial charge in [0.2, 0.25) is 5.91 Å². The zero-order chi connectivity index (χ0) is 19.1. The van der Waals surface area contributed by atoms with Crippen molar-refractivity contribution in [1.29, 1.82) is 0 Å². The van der Waals surface area contributed by atoms with Gasteiger partial charge in [-0.05, 0) is 31.9 Å². The highest BCUT2D eigenvalue weighted by atomic mass is 35.5. The molecule has 1 rings (SSSR count). The van der Waals surface area contributed by atoms with Gasteiger partial charge in [-0.1, -0.05) is 37.6 Å². The lowest BCUT2D eigenvalue weighted by molar-refractivity contribution is -0.149. The number of hydrogen-bond donors (Lipinski definition) is 1. The van der Waals surface area contributed by atoms with Crippen LogP contribution < -0.4 is 5.32 Å². The summed E-state index contributed by atoms with van der Waals surface area (Å²) < 4.78 is 4.65. The van der Waals surface area contributed by atoms with E-state index in [4.69, 9.17) is 11.6 Å². The topological polar surface area (TPSA) is 75.7 Å². The number of carbonyl (C=O) groups excluding carboxylic acids is 3. The molecule has 0 saturated heterocycles. The molecule has 6 nitrogen and oxygen atoms in total. The number of nitrogens with zero attached hydrogens (tertiary/aromatic N) is 1. The van der Waals surface area contributed by atoms with Crippen molar-refractivity contribution in [3.05, 3.63) is 34.9 Å². The molecule has 1 N–H and O–H groups in total. The molecule has 1 aromatic carbocycles. The molecule has 0 fully saturated rings. The molecule has 0 aliphatic rings. The summed E-state index contributed by atoms with van der Waals surface area (Å²) in [5, 5.41) is 3.04. The van der Waals surface area contributed by atoms with Crippen LogP contribution in [0.25, 0.3) is 0 Å². The van der Waals surface area contributed by atoms with Crippen molar-refractivity contribution >= 4 is 29.4 Å². The molecule has 1 atom stereocenters. The first-order valence-corrected chi connectivity index (χ1v) is 8.49. The summed E-state index contributed by atoms with van der Waals surface area (Å²) in [7, 11) is 1.27. The van der Waals surface area contributed by atoms with E-state index in [-0.39, 0.29) is 24.4 Å². The maximum atomic E-state index is 12.9. The lowest BCUT2D eigenvalue weighted by Crippen LogP contribution is -2.54. The Bertz CT molecular complexity index is 631. The Kier molecular flexibility index (Phi) is 7.90. The van der Waals surface area contributed by atoms with Gasteiger partial charge >= 0.3 is 5.97 Å². The molecule has 0 unspecified atom stereocenters. The summed E-state index contributed by atoms with van der Waals surface area (Å²) in [6.07, 6.45) is 0. The second-order valence-electron chi connectivity index (χ2n) is 6.31. The van der Waals surface area contributed by atoms with Crippen LogP contribution in [0.2, 0.25) is 5.02 Å². The molecule has 138 valence electrons. The van der Waals surface area contributed by atoms with Crippen LogP contribution in [0.1, 0.15) is 38.1 Å². The zero-order valence-corrected chi connectivity index (χ0v) is 16.0. The Balaban J connectivity index is 3.01. The van der Waals surface area contributed by atoms with Crippen molar-refractivity contribution in [2.24, 2.45) is 5.92 Å². The predicted octanol–water partition coefficient (Wildman–Crippen LogP) is 2.50. The highest BCUT2D eigenvalue weighted by molar-refractivity contribution is 6.33. The van der Waals surface area contributed by atoms with Crippen LogP contribution in [0.4, 0.5) is 0 Å². The summed E-state index contributed by atoms with van der Waals surface area (Å²) in [6, 6.07) is 5.63. The molecule has 0 bridgehead atoms. The standard InChI is InChI=1S/C18H25ClN2O4/c1-11(2)16(18(24)21(12(3)4)10-15(22)25-5)20-17(23)13-8-6-7-9-14(13)19/h6-9,11-12,16H,10H2,1-5H3,(H,20,23)/t16-/m0/s1. The van der Waals surface area contributed by atoms with Crippen LogP contribution in [-0.2, 0) is 14.3 Å². The molecular weight excluding hydrogens is 344 g/mol. The SMILES string of the molecule is COC(=O)CN(C(=O)[C@@H](NC(=O)c1ccccc1Cl)C(C)C)C(C)C. The van der Waals surface area contributed by atoms with E-state index in [9.17, 15) is 14.4 Å². The van der Waals surface area contributed by atoms with Gasteiger partial charge in [0.1, 0.15) is 12.6 Å². The molecule has 7 heteroatoms. The second-order valence-corrected chi connectivity index (χ2v) is 6.72. The van der Waals surface area contributed by atoms with Crippen molar-refractivity contribution in [2.45, 2.75) is 39.8 Å². The third-order valence-electron chi connectivity index (χ3n) is 3.77. The Labute approximate surface area is 153 Å². The molecular formula is C18H25ClN2O4. The Morgan fingerprint density at radius 3 is 2.24 bits per heavy atom. The summed E-state index contributed by atoms with van der Waals surface area (Å²) >= 11 is 6.04. The van der Waals surface area contributed by atoms with Gasteiger partial charge in [-0.15, -0.1) is 0 Å². The number of amides is 2.